The Morgan fingerprint density at radius 2 is 1.30 bits per heavy atom. The summed E-state index contributed by atoms with van der Waals surface area (Å²) in [5.74, 6) is 0.131. The molecule has 0 aliphatic carbocycles. The maximum Gasteiger partial charge on any atom is 0.253 e. The van der Waals surface area contributed by atoms with Crippen molar-refractivity contribution in [2.24, 2.45) is 0 Å². The highest BCUT2D eigenvalue weighted by molar-refractivity contribution is 5.96. The second-order valence-electron chi connectivity index (χ2n) is 7.12. The first-order chi connectivity index (χ1) is 14.5. The van der Waals surface area contributed by atoms with Gasteiger partial charge in [0, 0.05) is 11.1 Å². The van der Waals surface area contributed by atoms with Crippen LogP contribution >= 0.6 is 0 Å². The van der Waals surface area contributed by atoms with Gasteiger partial charge in [0.15, 0.2) is 0 Å². The van der Waals surface area contributed by atoms with Crippen molar-refractivity contribution in [3.8, 4) is 5.75 Å². The average Bonchev–Trinajstić information content (AvgIpc) is 2.74. The van der Waals surface area contributed by atoms with E-state index >= 15 is 0 Å². The van der Waals surface area contributed by atoms with Crippen LogP contribution in [0.25, 0.3) is 0 Å². The third kappa shape index (κ3) is 5.47. The number of nitrogens with one attached hydrogen (secondary N) is 2. The third-order valence-electron chi connectivity index (χ3n) is 4.68. The number of hydrogen-bond donors (Lipinski definition) is 2. The Balaban J connectivity index is 1.86. The summed E-state index contributed by atoms with van der Waals surface area (Å²) >= 11 is 0. The average molecular weight is 402 g/mol. The maximum atomic E-state index is 12.8. The van der Waals surface area contributed by atoms with Crippen LogP contribution < -0.4 is 15.4 Å². The van der Waals surface area contributed by atoms with Crippen molar-refractivity contribution in [2.45, 2.75) is 26.9 Å². The molecule has 5 nitrogen and oxygen atoms in total. The van der Waals surface area contributed by atoms with Crippen molar-refractivity contribution < 1.29 is 14.3 Å². The molecule has 2 amide bonds. The lowest BCUT2D eigenvalue weighted by Crippen LogP contribution is -2.41. The molecular weight excluding hydrogens is 376 g/mol. The van der Waals surface area contributed by atoms with Crippen molar-refractivity contribution >= 4 is 11.8 Å². The molecule has 5 heteroatoms. The Kier molecular flexibility index (Phi) is 6.86. The van der Waals surface area contributed by atoms with E-state index < -0.39 is 6.17 Å². The van der Waals surface area contributed by atoms with E-state index in [1.807, 2.05) is 69.3 Å². The van der Waals surface area contributed by atoms with Crippen LogP contribution in [0.15, 0.2) is 72.8 Å². The van der Waals surface area contributed by atoms with Gasteiger partial charge in [-0.3, -0.25) is 9.59 Å². The molecule has 0 saturated carbocycles. The standard InChI is InChI=1S/C25H26N2O3/c1-4-30-22-7-5-6-21(16-22)23(26-24(28)19-12-8-17(2)9-13-19)27-25(29)20-14-10-18(3)11-15-20/h5-16,23H,4H2,1-3H3,(H,26,28)(H,27,29). The zero-order chi connectivity index (χ0) is 21.5. The van der Waals surface area contributed by atoms with E-state index in [4.69, 9.17) is 4.74 Å². The number of benzene rings is 3. The molecule has 0 atom stereocenters. The molecule has 0 heterocycles. The summed E-state index contributed by atoms with van der Waals surface area (Å²) < 4.78 is 5.58. The van der Waals surface area contributed by atoms with Crippen LogP contribution in [0.5, 0.6) is 5.75 Å². The number of aryl methyl sites for hydroxylation is 2. The molecule has 0 radical (unpaired) electrons. The molecule has 3 aromatic carbocycles. The molecule has 0 bridgehead atoms. The first-order valence-electron chi connectivity index (χ1n) is 9.94. The predicted molar refractivity (Wildman–Crippen MR) is 118 cm³/mol. The van der Waals surface area contributed by atoms with Gasteiger partial charge in [0.1, 0.15) is 11.9 Å². The van der Waals surface area contributed by atoms with Crippen molar-refractivity contribution in [1.82, 2.24) is 10.6 Å². The predicted octanol–water partition coefficient (Wildman–Crippen LogP) is 4.56. The van der Waals surface area contributed by atoms with E-state index in [1.165, 1.54) is 0 Å². The Morgan fingerprint density at radius 1 is 0.800 bits per heavy atom. The fourth-order valence-electron chi connectivity index (χ4n) is 2.99. The second kappa shape index (κ2) is 9.74. The van der Waals surface area contributed by atoms with Gasteiger partial charge < -0.3 is 15.4 Å². The molecule has 30 heavy (non-hydrogen) atoms. The van der Waals surface area contributed by atoms with Gasteiger partial charge in [0.05, 0.1) is 6.61 Å². The van der Waals surface area contributed by atoms with E-state index in [0.29, 0.717) is 23.5 Å². The highest BCUT2D eigenvalue weighted by atomic mass is 16.5. The number of rotatable bonds is 7. The van der Waals surface area contributed by atoms with Gasteiger partial charge in [-0.25, -0.2) is 0 Å². The lowest BCUT2D eigenvalue weighted by atomic mass is 10.1. The number of amides is 2. The molecule has 154 valence electrons. The molecule has 0 fully saturated rings. The summed E-state index contributed by atoms with van der Waals surface area (Å²) in [7, 11) is 0. The van der Waals surface area contributed by atoms with Crippen LogP contribution in [-0.4, -0.2) is 18.4 Å². The van der Waals surface area contributed by atoms with E-state index in [9.17, 15) is 9.59 Å². The summed E-state index contributed by atoms with van der Waals surface area (Å²) in [4.78, 5) is 25.6. The SMILES string of the molecule is CCOc1cccc(C(NC(=O)c2ccc(C)cc2)NC(=O)c2ccc(C)cc2)c1. The summed E-state index contributed by atoms with van der Waals surface area (Å²) in [6, 6.07) is 21.9. The minimum absolute atomic E-state index is 0.272. The minimum Gasteiger partial charge on any atom is -0.494 e. The lowest BCUT2D eigenvalue weighted by Gasteiger charge is -2.21. The van der Waals surface area contributed by atoms with Crippen molar-refractivity contribution in [2.75, 3.05) is 6.61 Å². The zero-order valence-electron chi connectivity index (χ0n) is 17.4. The first-order valence-corrected chi connectivity index (χ1v) is 9.94. The van der Waals surface area contributed by atoms with Crippen LogP contribution in [0.3, 0.4) is 0 Å². The molecule has 0 unspecified atom stereocenters. The fraction of sp³-hybridized carbons (Fsp3) is 0.200. The Morgan fingerprint density at radius 3 is 1.77 bits per heavy atom. The number of ether oxygens (including phenoxy) is 1. The van der Waals surface area contributed by atoms with Gasteiger partial charge in [-0.1, -0.05) is 47.5 Å². The van der Waals surface area contributed by atoms with E-state index in [-0.39, 0.29) is 11.8 Å². The van der Waals surface area contributed by atoms with Crippen LogP contribution in [0.2, 0.25) is 0 Å². The van der Waals surface area contributed by atoms with Gasteiger partial charge >= 0.3 is 0 Å². The Labute approximate surface area is 177 Å². The van der Waals surface area contributed by atoms with Crippen LogP contribution in [-0.2, 0) is 0 Å². The minimum atomic E-state index is -0.715. The monoisotopic (exact) mass is 402 g/mol. The first kappa shape index (κ1) is 21.1. The molecule has 0 spiro atoms. The summed E-state index contributed by atoms with van der Waals surface area (Å²) in [5, 5.41) is 5.85. The van der Waals surface area contributed by atoms with Crippen LogP contribution in [0, 0.1) is 13.8 Å². The van der Waals surface area contributed by atoms with Crippen molar-refractivity contribution in [1.29, 1.82) is 0 Å². The normalized spacial score (nSPS) is 10.5. The molecule has 3 aromatic rings. The van der Waals surface area contributed by atoms with Crippen LogP contribution in [0.1, 0.15) is 50.5 Å². The zero-order valence-corrected chi connectivity index (χ0v) is 17.4. The molecular formula is C25H26N2O3. The highest BCUT2D eigenvalue weighted by Crippen LogP contribution is 2.19. The Bertz CT molecular complexity index is 952. The summed E-state index contributed by atoms with van der Waals surface area (Å²) in [5.41, 5.74) is 3.91. The number of hydrogen-bond acceptors (Lipinski definition) is 3. The summed E-state index contributed by atoms with van der Waals surface area (Å²) in [6.45, 7) is 6.36. The number of carbonyl (C=O) groups excluding carboxylic acids is 2. The Hall–Kier alpha value is -3.60. The second-order valence-corrected chi connectivity index (χ2v) is 7.12. The van der Waals surface area contributed by atoms with E-state index in [0.717, 1.165) is 16.7 Å². The highest BCUT2D eigenvalue weighted by Gasteiger charge is 2.19. The van der Waals surface area contributed by atoms with Gasteiger partial charge in [-0.05, 0) is 62.7 Å². The van der Waals surface area contributed by atoms with Crippen molar-refractivity contribution in [3.05, 3.63) is 101 Å². The van der Waals surface area contributed by atoms with Gasteiger partial charge in [0.25, 0.3) is 11.8 Å². The van der Waals surface area contributed by atoms with Crippen molar-refractivity contribution in [3.63, 3.8) is 0 Å². The molecule has 2 N–H and O–H groups in total. The van der Waals surface area contributed by atoms with E-state index in [2.05, 4.69) is 10.6 Å². The molecule has 0 aliphatic rings. The molecule has 0 aliphatic heterocycles. The van der Waals surface area contributed by atoms with Crippen LogP contribution in [0.4, 0.5) is 0 Å². The largest absolute Gasteiger partial charge is 0.494 e. The van der Waals surface area contributed by atoms with Gasteiger partial charge in [0.2, 0.25) is 0 Å². The fourth-order valence-corrected chi connectivity index (χ4v) is 2.99. The summed E-state index contributed by atoms with van der Waals surface area (Å²) in [6.07, 6.45) is -0.715. The smallest absolute Gasteiger partial charge is 0.253 e. The third-order valence-corrected chi connectivity index (χ3v) is 4.68. The maximum absolute atomic E-state index is 12.8. The quantitative estimate of drug-likeness (QED) is 0.569. The van der Waals surface area contributed by atoms with Gasteiger partial charge in [-0.15, -0.1) is 0 Å². The lowest BCUT2D eigenvalue weighted by molar-refractivity contribution is 0.0883. The topological polar surface area (TPSA) is 67.4 Å². The molecule has 0 aromatic heterocycles. The van der Waals surface area contributed by atoms with E-state index in [1.54, 1.807) is 24.3 Å². The molecule has 3 rings (SSSR count). The molecule has 0 saturated heterocycles. The van der Waals surface area contributed by atoms with Gasteiger partial charge in [-0.2, -0.15) is 0 Å². The number of carbonyl (C=O) groups is 2.